The summed E-state index contributed by atoms with van der Waals surface area (Å²) in [6, 6.07) is 6.89. The van der Waals surface area contributed by atoms with Gasteiger partial charge in [-0.2, -0.15) is 0 Å². The van der Waals surface area contributed by atoms with Crippen molar-refractivity contribution in [3.63, 3.8) is 0 Å². The quantitative estimate of drug-likeness (QED) is 0.836. The Balaban J connectivity index is 2.07. The molecule has 1 fully saturated rings. The number of nitrogens with one attached hydrogen (secondary N) is 1. The molecule has 0 saturated carbocycles. The fraction of sp³-hybridized carbons (Fsp3) is 0.500. The van der Waals surface area contributed by atoms with Gasteiger partial charge in [-0.3, -0.25) is 0 Å². The maximum absolute atomic E-state index is 13.6. The Hall–Kier alpha value is -1.13. The minimum Gasteiger partial charge on any atom is -0.373 e. The van der Waals surface area contributed by atoms with Gasteiger partial charge in [0.05, 0.1) is 18.4 Å². The largest absolute Gasteiger partial charge is 0.373 e. The molecule has 16 heavy (non-hydrogen) atoms. The van der Waals surface area contributed by atoms with Crippen LogP contribution in [0.2, 0.25) is 0 Å². The van der Waals surface area contributed by atoms with Gasteiger partial charge in [-0.15, -0.1) is 0 Å². The van der Waals surface area contributed by atoms with Gasteiger partial charge in [0.15, 0.2) is 0 Å². The summed E-state index contributed by atoms with van der Waals surface area (Å²) >= 11 is 0. The smallest absolute Gasteiger partial charge is 0.146 e. The van der Waals surface area contributed by atoms with Crippen LogP contribution in [0.5, 0.6) is 0 Å². The molecule has 3 nitrogen and oxygen atoms in total. The van der Waals surface area contributed by atoms with Crippen molar-refractivity contribution in [3.8, 4) is 0 Å². The molecule has 0 bridgehead atoms. The summed E-state index contributed by atoms with van der Waals surface area (Å²) in [6.45, 7) is 2.94. The second kappa shape index (κ2) is 5.27. The lowest BCUT2D eigenvalue weighted by Gasteiger charge is -2.34. The van der Waals surface area contributed by atoms with Crippen molar-refractivity contribution in [1.82, 2.24) is 5.32 Å². The minimum atomic E-state index is -0.160. The minimum absolute atomic E-state index is 0.137. The Morgan fingerprint density at radius 1 is 1.50 bits per heavy atom. The molecule has 1 atom stereocenters. The first-order valence-corrected chi connectivity index (χ1v) is 5.57. The number of halogens is 1. The summed E-state index contributed by atoms with van der Waals surface area (Å²) in [4.78, 5) is 2.04. The van der Waals surface area contributed by atoms with Gasteiger partial charge in [0.1, 0.15) is 5.82 Å². The number of nitrogens with zero attached hydrogens (tertiary/aromatic N) is 1. The van der Waals surface area contributed by atoms with Crippen molar-refractivity contribution in [3.05, 3.63) is 30.1 Å². The predicted molar refractivity (Wildman–Crippen MR) is 62.3 cm³/mol. The summed E-state index contributed by atoms with van der Waals surface area (Å²) in [7, 11) is 1.89. The van der Waals surface area contributed by atoms with Crippen molar-refractivity contribution >= 4 is 5.69 Å². The summed E-state index contributed by atoms with van der Waals surface area (Å²) in [6.07, 6.45) is 0.137. The molecule has 4 heteroatoms. The van der Waals surface area contributed by atoms with E-state index in [1.54, 1.807) is 6.07 Å². The summed E-state index contributed by atoms with van der Waals surface area (Å²) in [5.41, 5.74) is 0.673. The number of anilines is 1. The van der Waals surface area contributed by atoms with Crippen LogP contribution in [0, 0.1) is 5.82 Å². The lowest BCUT2D eigenvalue weighted by atomic mass is 10.2. The Bertz CT molecular complexity index is 344. The molecular formula is C12H17FN2O. The van der Waals surface area contributed by atoms with E-state index >= 15 is 0 Å². The predicted octanol–water partition coefficient (Wildman–Crippen LogP) is 1.25. The highest BCUT2D eigenvalue weighted by Crippen LogP contribution is 2.20. The van der Waals surface area contributed by atoms with Crippen molar-refractivity contribution in [1.29, 1.82) is 0 Å². The summed E-state index contributed by atoms with van der Waals surface area (Å²) in [5.74, 6) is -0.160. The monoisotopic (exact) mass is 224 g/mol. The topological polar surface area (TPSA) is 24.5 Å². The number of benzene rings is 1. The van der Waals surface area contributed by atoms with E-state index in [4.69, 9.17) is 4.74 Å². The first kappa shape index (κ1) is 11.4. The number of likely N-dealkylation sites (N-methyl/N-ethyl adjacent to an activating group) is 1. The van der Waals surface area contributed by atoms with E-state index in [-0.39, 0.29) is 11.9 Å². The van der Waals surface area contributed by atoms with E-state index in [9.17, 15) is 4.39 Å². The zero-order valence-electron chi connectivity index (χ0n) is 9.45. The molecule has 1 saturated heterocycles. The molecule has 1 heterocycles. The van der Waals surface area contributed by atoms with Crippen LogP contribution < -0.4 is 10.2 Å². The van der Waals surface area contributed by atoms with Crippen molar-refractivity contribution in [2.45, 2.75) is 6.10 Å². The van der Waals surface area contributed by atoms with Crippen molar-refractivity contribution in [2.24, 2.45) is 0 Å². The fourth-order valence-electron chi connectivity index (χ4n) is 2.00. The molecule has 0 radical (unpaired) electrons. The van der Waals surface area contributed by atoms with Crippen molar-refractivity contribution in [2.75, 3.05) is 38.2 Å². The molecular weight excluding hydrogens is 207 g/mol. The third kappa shape index (κ3) is 2.51. The van der Waals surface area contributed by atoms with Gasteiger partial charge in [-0.1, -0.05) is 12.1 Å². The van der Waals surface area contributed by atoms with E-state index in [1.807, 2.05) is 24.1 Å². The molecule has 0 amide bonds. The van der Waals surface area contributed by atoms with Gasteiger partial charge in [0.25, 0.3) is 0 Å². The van der Waals surface area contributed by atoms with Gasteiger partial charge >= 0.3 is 0 Å². The number of ether oxygens (including phenoxy) is 1. The van der Waals surface area contributed by atoms with Gasteiger partial charge in [-0.05, 0) is 19.2 Å². The van der Waals surface area contributed by atoms with Gasteiger partial charge in [0, 0.05) is 19.6 Å². The molecule has 0 spiro atoms. The Morgan fingerprint density at radius 2 is 2.31 bits per heavy atom. The van der Waals surface area contributed by atoms with Crippen molar-refractivity contribution < 1.29 is 9.13 Å². The first-order chi connectivity index (χ1) is 7.81. The van der Waals surface area contributed by atoms with Crippen LogP contribution in [0.25, 0.3) is 0 Å². The molecule has 1 aromatic carbocycles. The normalized spacial score (nSPS) is 21.1. The van der Waals surface area contributed by atoms with Gasteiger partial charge < -0.3 is 15.0 Å². The molecule has 88 valence electrons. The van der Waals surface area contributed by atoms with Crippen LogP contribution in [0.15, 0.2) is 24.3 Å². The Kier molecular flexibility index (Phi) is 3.74. The lowest BCUT2D eigenvalue weighted by molar-refractivity contribution is 0.0419. The summed E-state index contributed by atoms with van der Waals surface area (Å²) < 4.78 is 19.2. The highest BCUT2D eigenvalue weighted by atomic mass is 19.1. The van der Waals surface area contributed by atoms with E-state index in [0.29, 0.717) is 12.3 Å². The molecule has 1 N–H and O–H groups in total. The van der Waals surface area contributed by atoms with Crippen LogP contribution in [0.3, 0.4) is 0 Å². The van der Waals surface area contributed by atoms with Crippen LogP contribution in [0.1, 0.15) is 0 Å². The maximum Gasteiger partial charge on any atom is 0.146 e. The number of hydrogen-bond acceptors (Lipinski definition) is 3. The molecule has 1 unspecified atom stereocenters. The molecule has 0 aliphatic carbocycles. The molecule has 1 aromatic rings. The lowest BCUT2D eigenvalue weighted by Crippen LogP contribution is -2.46. The third-order valence-electron chi connectivity index (χ3n) is 2.76. The number of morpholine rings is 1. The Morgan fingerprint density at radius 3 is 3.06 bits per heavy atom. The maximum atomic E-state index is 13.6. The number of rotatable bonds is 3. The molecule has 0 aromatic heterocycles. The van der Waals surface area contributed by atoms with Crippen LogP contribution in [-0.4, -0.2) is 39.4 Å². The van der Waals surface area contributed by atoms with Crippen LogP contribution in [0.4, 0.5) is 10.1 Å². The van der Waals surface area contributed by atoms with E-state index in [2.05, 4.69) is 5.32 Å². The van der Waals surface area contributed by atoms with Gasteiger partial charge in [0.2, 0.25) is 0 Å². The number of para-hydroxylation sites is 1. The molecule has 1 aliphatic rings. The summed E-state index contributed by atoms with van der Waals surface area (Å²) in [5, 5.41) is 3.08. The average molecular weight is 224 g/mol. The second-order valence-corrected chi connectivity index (χ2v) is 3.95. The second-order valence-electron chi connectivity index (χ2n) is 3.95. The van der Waals surface area contributed by atoms with Gasteiger partial charge in [-0.25, -0.2) is 4.39 Å². The van der Waals surface area contributed by atoms with E-state index < -0.39 is 0 Å². The average Bonchev–Trinajstić information content (AvgIpc) is 2.30. The highest BCUT2D eigenvalue weighted by Gasteiger charge is 2.21. The zero-order valence-corrected chi connectivity index (χ0v) is 9.45. The fourth-order valence-corrected chi connectivity index (χ4v) is 2.00. The van der Waals surface area contributed by atoms with E-state index in [1.165, 1.54) is 6.07 Å². The van der Waals surface area contributed by atoms with Crippen LogP contribution >= 0.6 is 0 Å². The first-order valence-electron chi connectivity index (χ1n) is 5.57. The SMILES string of the molecule is CNCC1CN(c2ccccc2F)CCO1. The molecule has 2 rings (SSSR count). The molecule has 1 aliphatic heterocycles. The zero-order chi connectivity index (χ0) is 11.4. The van der Waals surface area contributed by atoms with Crippen LogP contribution in [-0.2, 0) is 4.74 Å². The Labute approximate surface area is 95.2 Å². The third-order valence-corrected chi connectivity index (χ3v) is 2.76. The van der Waals surface area contributed by atoms with E-state index in [0.717, 1.165) is 19.6 Å². The highest BCUT2D eigenvalue weighted by molar-refractivity contribution is 5.48. The standard InChI is InChI=1S/C12H17FN2O/c1-14-8-10-9-15(6-7-16-10)12-5-3-2-4-11(12)13/h2-5,10,14H,6-9H2,1H3. The number of hydrogen-bond donors (Lipinski definition) is 1.